The van der Waals surface area contributed by atoms with E-state index in [4.69, 9.17) is 10.1 Å². The van der Waals surface area contributed by atoms with Gasteiger partial charge in [-0.1, -0.05) is 18.2 Å². The van der Waals surface area contributed by atoms with E-state index in [0.717, 1.165) is 75.4 Å². The summed E-state index contributed by atoms with van der Waals surface area (Å²) >= 11 is 4.43. The van der Waals surface area contributed by atoms with Crippen molar-refractivity contribution in [2.24, 2.45) is 0 Å². The average molecular weight is 666 g/mol. The highest BCUT2D eigenvalue weighted by Gasteiger charge is 2.29. The van der Waals surface area contributed by atoms with Crippen LogP contribution in [0.2, 0.25) is 0 Å². The lowest BCUT2D eigenvalue weighted by Gasteiger charge is -2.33. The molecule has 4 amide bonds. The number of likely N-dealkylation sites (tertiary alicyclic amines) is 1. The van der Waals surface area contributed by atoms with Gasteiger partial charge in [0.05, 0.1) is 0 Å². The van der Waals surface area contributed by atoms with Gasteiger partial charge in [-0.2, -0.15) is 0 Å². The number of rotatable bonds is 7. The Balaban J connectivity index is 0.000000300. The van der Waals surface area contributed by atoms with E-state index >= 15 is 0 Å². The number of amides is 4. The van der Waals surface area contributed by atoms with Gasteiger partial charge in [-0.25, -0.2) is 9.59 Å². The van der Waals surface area contributed by atoms with Crippen molar-refractivity contribution < 1.29 is 19.1 Å². The second-order valence-corrected chi connectivity index (χ2v) is 13.9. The van der Waals surface area contributed by atoms with Gasteiger partial charge >= 0.3 is 12.1 Å². The minimum absolute atomic E-state index is 0.107. The Kier molecular flexibility index (Phi) is 13.1. The van der Waals surface area contributed by atoms with Crippen LogP contribution in [-0.4, -0.2) is 91.6 Å². The number of urea groups is 1. The second-order valence-electron chi connectivity index (χ2n) is 13.4. The normalized spacial score (nSPS) is 18.1. The summed E-state index contributed by atoms with van der Waals surface area (Å²) in [5.41, 5.74) is 3.67. The van der Waals surface area contributed by atoms with Crippen molar-refractivity contribution in [2.75, 3.05) is 51.6 Å². The maximum absolute atomic E-state index is 12.1. The highest BCUT2D eigenvalue weighted by atomic mass is 32.1. The maximum atomic E-state index is 12.1. The van der Waals surface area contributed by atoms with E-state index in [1.54, 1.807) is 0 Å². The first-order valence-corrected chi connectivity index (χ1v) is 17.1. The zero-order valence-electron chi connectivity index (χ0n) is 28.2. The number of amidine groups is 1. The molecule has 2 aromatic carbocycles. The summed E-state index contributed by atoms with van der Waals surface area (Å²) < 4.78 is 5.17. The van der Waals surface area contributed by atoms with E-state index in [1.807, 2.05) is 40.0 Å². The molecular formula is C35H51N7O4S. The minimum Gasteiger partial charge on any atom is -0.444 e. The number of carbonyl (C=O) groups is 3. The van der Waals surface area contributed by atoms with E-state index in [-0.39, 0.29) is 36.8 Å². The molecule has 0 spiro atoms. The van der Waals surface area contributed by atoms with E-state index in [1.165, 1.54) is 16.0 Å². The Morgan fingerprint density at radius 1 is 1.04 bits per heavy atom. The second kappa shape index (κ2) is 17.0. The molecule has 0 saturated carbocycles. The third-order valence-electron chi connectivity index (χ3n) is 8.64. The molecule has 5 rings (SSSR count). The molecule has 11 nitrogen and oxygen atoms in total. The Bertz CT molecular complexity index is 1400. The van der Waals surface area contributed by atoms with Gasteiger partial charge in [0.25, 0.3) is 0 Å². The molecule has 0 bridgehead atoms. The number of hydrogen-bond donors (Lipinski definition) is 6. The number of ether oxygens (including phenoxy) is 1. The molecule has 3 fully saturated rings. The summed E-state index contributed by atoms with van der Waals surface area (Å²) in [7, 11) is 1.83. The lowest BCUT2D eigenvalue weighted by molar-refractivity contribution is -0.121. The number of alkyl carbamates (subject to hydrolysis) is 1. The fourth-order valence-electron chi connectivity index (χ4n) is 6.08. The quantitative estimate of drug-likeness (QED) is 0.140. The molecule has 0 unspecified atom stereocenters. The average Bonchev–Trinajstić information content (AvgIpc) is 3.03. The maximum Gasteiger partial charge on any atom is 0.407 e. The number of carbonyl (C=O) groups excluding carboxylic acids is 3. The van der Waals surface area contributed by atoms with Crippen LogP contribution in [-0.2, 0) is 16.0 Å². The Morgan fingerprint density at radius 3 is 2.40 bits per heavy atom. The van der Waals surface area contributed by atoms with E-state index in [9.17, 15) is 14.4 Å². The zero-order valence-corrected chi connectivity index (χ0v) is 29.1. The van der Waals surface area contributed by atoms with Crippen LogP contribution in [0.15, 0.2) is 47.4 Å². The van der Waals surface area contributed by atoms with Crippen LogP contribution in [0.4, 0.5) is 15.3 Å². The molecule has 3 aliphatic heterocycles. The number of nitrogens with zero attached hydrogens (tertiary/aromatic N) is 2. The van der Waals surface area contributed by atoms with Crippen molar-refractivity contribution in [3.05, 3.63) is 59.2 Å². The van der Waals surface area contributed by atoms with E-state index in [0.29, 0.717) is 11.5 Å². The van der Waals surface area contributed by atoms with Crippen molar-refractivity contribution in [1.82, 2.24) is 25.8 Å². The summed E-state index contributed by atoms with van der Waals surface area (Å²) in [5, 5.41) is 20.1. The first-order chi connectivity index (χ1) is 22.4. The largest absolute Gasteiger partial charge is 0.444 e. The van der Waals surface area contributed by atoms with E-state index in [2.05, 4.69) is 69.1 Å². The Hall–Kier alpha value is -3.61. The Morgan fingerprint density at radius 2 is 1.77 bits per heavy atom. The van der Waals surface area contributed by atoms with Gasteiger partial charge < -0.3 is 25.6 Å². The van der Waals surface area contributed by atoms with Gasteiger partial charge in [0, 0.05) is 48.7 Å². The number of benzene rings is 2. The fraction of sp³-hybridized carbons (Fsp3) is 0.543. The summed E-state index contributed by atoms with van der Waals surface area (Å²) in [6.45, 7) is 11.0. The van der Waals surface area contributed by atoms with Gasteiger partial charge in [-0.05, 0) is 120 Å². The minimum atomic E-state index is -0.532. The van der Waals surface area contributed by atoms with Crippen LogP contribution in [0.3, 0.4) is 0 Å². The van der Waals surface area contributed by atoms with Crippen molar-refractivity contribution in [1.29, 1.82) is 5.41 Å². The number of nitrogens with one attached hydrogen (secondary N) is 5. The van der Waals surface area contributed by atoms with Gasteiger partial charge in [0.15, 0.2) is 0 Å². The number of hydrogen-bond acceptors (Lipinski definition) is 9. The molecule has 3 heterocycles. The van der Waals surface area contributed by atoms with Gasteiger partial charge in [-0.15, -0.1) is 12.6 Å². The van der Waals surface area contributed by atoms with Crippen LogP contribution >= 0.6 is 12.6 Å². The van der Waals surface area contributed by atoms with Gasteiger partial charge in [0.2, 0.25) is 5.91 Å². The molecule has 0 aromatic heterocycles. The SMILES string of the molecule is CC(C)(C)OC(=O)NC1CCNCC1.CNc1cc(C2CCN(CCc3cccc(S)c3)CC2)ccc1C(=N)N1CCC(=O)NC1=O. The molecule has 12 heteroatoms. The van der Waals surface area contributed by atoms with Crippen LogP contribution < -0.4 is 21.3 Å². The lowest BCUT2D eigenvalue weighted by atomic mass is 9.88. The molecule has 0 radical (unpaired) electrons. The molecule has 2 aromatic rings. The van der Waals surface area contributed by atoms with Crippen LogP contribution in [0.1, 0.15) is 75.5 Å². The Labute approximate surface area is 284 Å². The van der Waals surface area contributed by atoms with Crippen LogP contribution in [0.5, 0.6) is 0 Å². The first kappa shape index (κ1) is 36.2. The summed E-state index contributed by atoms with van der Waals surface area (Å²) in [4.78, 5) is 39.8. The number of imide groups is 1. The molecule has 0 atom stereocenters. The molecular weight excluding hydrogens is 614 g/mol. The standard InChI is InChI=1S/C25H31N5O2S.C10H20N2O2/c1-27-22-16-19(5-6-21(22)24(26)30-14-10-23(31)28-25(30)32)18-8-12-29(13-9-18)11-7-17-3-2-4-20(33)15-17;1-10(2,3)14-9(13)12-8-4-6-11-7-5-8/h2-6,15-16,18,26-27,33H,7-14H2,1H3,(H,28,31,32);8,11H,4-7H2,1-3H3,(H,12,13). The lowest BCUT2D eigenvalue weighted by Crippen LogP contribution is -2.52. The monoisotopic (exact) mass is 665 g/mol. The van der Waals surface area contributed by atoms with Crippen molar-refractivity contribution in [2.45, 2.75) is 81.8 Å². The first-order valence-electron chi connectivity index (χ1n) is 16.6. The summed E-state index contributed by atoms with van der Waals surface area (Å²) in [5.74, 6) is 0.291. The topological polar surface area (TPSA) is 139 Å². The third kappa shape index (κ3) is 11.3. The van der Waals surface area contributed by atoms with Crippen molar-refractivity contribution in [3.8, 4) is 0 Å². The highest BCUT2D eigenvalue weighted by molar-refractivity contribution is 7.80. The summed E-state index contributed by atoms with van der Waals surface area (Å²) in [6.07, 6.45) is 5.12. The number of piperidine rings is 2. The van der Waals surface area contributed by atoms with Crippen molar-refractivity contribution in [3.63, 3.8) is 0 Å². The smallest absolute Gasteiger partial charge is 0.407 e. The zero-order chi connectivity index (χ0) is 34.0. The predicted octanol–water partition coefficient (Wildman–Crippen LogP) is 4.97. The third-order valence-corrected chi connectivity index (χ3v) is 8.92. The van der Waals surface area contributed by atoms with Gasteiger partial charge in [0.1, 0.15) is 11.4 Å². The predicted molar refractivity (Wildman–Crippen MR) is 189 cm³/mol. The highest BCUT2D eigenvalue weighted by Crippen LogP contribution is 2.31. The molecule has 47 heavy (non-hydrogen) atoms. The number of thiol groups is 1. The number of anilines is 1. The van der Waals surface area contributed by atoms with Crippen LogP contribution in [0, 0.1) is 5.41 Å². The molecule has 256 valence electrons. The molecule has 5 N–H and O–H groups in total. The van der Waals surface area contributed by atoms with E-state index < -0.39 is 11.6 Å². The molecule has 0 aliphatic carbocycles. The molecule has 3 aliphatic rings. The van der Waals surface area contributed by atoms with Gasteiger partial charge in [-0.3, -0.25) is 20.4 Å². The van der Waals surface area contributed by atoms with Crippen molar-refractivity contribution >= 4 is 42.2 Å². The summed E-state index contributed by atoms with van der Waals surface area (Å²) in [6, 6.07) is 14.2. The van der Waals surface area contributed by atoms with Crippen LogP contribution in [0.25, 0.3) is 0 Å². The fourth-order valence-corrected chi connectivity index (χ4v) is 6.33. The molecule has 3 saturated heterocycles.